The number of hydrogen-bond donors (Lipinski definition) is 0. The highest BCUT2D eigenvalue weighted by atomic mass is 19.4. The Morgan fingerprint density at radius 3 is 2.54 bits per heavy atom. The van der Waals surface area contributed by atoms with Crippen LogP contribution in [-0.2, 0) is 13.2 Å². The standard InChI is InChI=1S/C16H14F3N3O2/c1-10-13-12(21(2)14(20-13)16(17,18)19)8-9-22(10)15(23)24-11-6-4-3-5-7-11/h3-10H,1-2H3. The summed E-state index contributed by atoms with van der Waals surface area (Å²) in [6, 6.07) is 7.76. The van der Waals surface area contributed by atoms with Gasteiger partial charge in [-0.1, -0.05) is 18.2 Å². The minimum Gasteiger partial charge on any atom is -0.410 e. The number of halogens is 3. The zero-order chi connectivity index (χ0) is 17.5. The van der Waals surface area contributed by atoms with Crippen LogP contribution in [0.4, 0.5) is 18.0 Å². The molecule has 0 N–H and O–H groups in total. The van der Waals surface area contributed by atoms with Gasteiger partial charge in [0.1, 0.15) is 5.75 Å². The molecule has 0 saturated heterocycles. The van der Waals surface area contributed by atoms with Crippen molar-refractivity contribution in [1.29, 1.82) is 0 Å². The van der Waals surface area contributed by atoms with E-state index in [9.17, 15) is 18.0 Å². The average molecular weight is 337 g/mol. The van der Waals surface area contributed by atoms with Crippen LogP contribution in [0.5, 0.6) is 5.75 Å². The highest BCUT2D eigenvalue weighted by Gasteiger charge is 2.40. The van der Waals surface area contributed by atoms with Gasteiger partial charge in [0, 0.05) is 13.2 Å². The predicted molar refractivity (Wildman–Crippen MR) is 80.0 cm³/mol. The molecule has 1 atom stereocenters. The smallest absolute Gasteiger partial charge is 0.410 e. The molecule has 0 bridgehead atoms. The number of nitrogens with zero attached hydrogens (tertiary/aromatic N) is 3. The lowest BCUT2D eigenvalue weighted by atomic mass is 10.1. The molecule has 2 heterocycles. The summed E-state index contributed by atoms with van der Waals surface area (Å²) in [6.45, 7) is 1.60. The van der Waals surface area contributed by atoms with E-state index in [1.165, 1.54) is 24.2 Å². The van der Waals surface area contributed by atoms with E-state index < -0.39 is 24.1 Å². The van der Waals surface area contributed by atoms with E-state index in [4.69, 9.17) is 4.74 Å². The van der Waals surface area contributed by atoms with Gasteiger partial charge in [0.15, 0.2) is 0 Å². The molecule has 1 amide bonds. The van der Waals surface area contributed by atoms with Crippen LogP contribution in [0.25, 0.3) is 6.08 Å². The maximum absolute atomic E-state index is 13.0. The molecule has 1 aliphatic heterocycles. The summed E-state index contributed by atoms with van der Waals surface area (Å²) in [5, 5.41) is 0. The fraction of sp³-hybridized carbons (Fsp3) is 0.250. The van der Waals surface area contributed by atoms with E-state index in [1.54, 1.807) is 37.3 Å². The Balaban J connectivity index is 1.87. The molecule has 1 unspecified atom stereocenters. The van der Waals surface area contributed by atoms with Crippen molar-refractivity contribution in [3.8, 4) is 5.75 Å². The van der Waals surface area contributed by atoms with Gasteiger partial charge in [-0.2, -0.15) is 13.2 Å². The maximum Gasteiger partial charge on any atom is 0.449 e. The Morgan fingerprint density at radius 2 is 1.92 bits per heavy atom. The summed E-state index contributed by atoms with van der Waals surface area (Å²) in [7, 11) is 1.30. The molecule has 0 aliphatic carbocycles. The zero-order valence-electron chi connectivity index (χ0n) is 12.9. The quantitative estimate of drug-likeness (QED) is 0.791. The summed E-state index contributed by atoms with van der Waals surface area (Å²) < 4.78 is 45.2. The first-order valence-electron chi connectivity index (χ1n) is 7.16. The fourth-order valence-electron chi connectivity index (χ4n) is 2.56. The van der Waals surface area contributed by atoms with E-state index in [0.717, 1.165) is 4.57 Å². The molecule has 8 heteroatoms. The number of para-hydroxylation sites is 1. The number of hydrogen-bond acceptors (Lipinski definition) is 3. The second-order valence-corrected chi connectivity index (χ2v) is 5.34. The maximum atomic E-state index is 13.0. The number of benzene rings is 1. The van der Waals surface area contributed by atoms with E-state index >= 15 is 0 Å². The number of ether oxygens (including phenoxy) is 1. The largest absolute Gasteiger partial charge is 0.449 e. The highest BCUT2D eigenvalue weighted by molar-refractivity contribution is 5.75. The first-order valence-corrected chi connectivity index (χ1v) is 7.16. The number of amides is 1. The third-order valence-corrected chi connectivity index (χ3v) is 3.79. The van der Waals surface area contributed by atoms with Gasteiger partial charge in [-0.05, 0) is 25.1 Å². The molecule has 0 spiro atoms. The number of alkyl halides is 3. The van der Waals surface area contributed by atoms with Crippen molar-refractivity contribution in [2.75, 3.05) is 0 Å². The average Bonchev–Trinajstić information content (AvgIpc) is 2.87. The highest BCUT2D eigenvalue weighted by Crippen LogP contribution is 2.35. The molecular weight excluding hydrogens is 323 g/mol. The Bertz CT molecular complexity index is 797. The zero-order valence-corrected chi connectivity index (χ0v) is 12.9. The van der Waals surface area contributed by atoms with E-state index in [1.807, 2.05) is 0 Å². The van der Waals surface area contributed by atoms with Crippen LogP contribution in [0, 0.1) is 0 Å². The molecule has 3 rings (SSSR count). The summed E-state index contributed by atoms with van der Waals surface area (Å²) in [6.07, 6.45) is -2.42. The third kappa shape index (κ3) is 2.75. The molecule has 24 heavy (non-hydrogen) atoms. The van der Waals surface area contributed by atoms with Crippen molar-refractivity contribution in [3.63, 3.8) is 0 Å². The van der Waals surface area contributed by atoms with Crippen molar-refractivity contribution < 1.29 is 22.7 Å². The van der Waals surface area contributed by atoms with Crippen LogP contribution < -0.4 is 4.74 Å². The molecule has 5 nitrogen and oxygen atoms in total. The predicted octanol–water partition coefficient (Wildman–Crippen LogP) is 3.99. The third-order valence-electron chi connectivity index (χ3n) is 3.79. The number of rotatable bonds is 1. The van der Waals surface area contributed by atoms with Crippen LogP contribution in [0.15, 0.2) is 36.5 Å². The lowest BCUT2D eigenvalue weighted by Gasteiger charge is -2.27. The SMILES string of the molecule is CC1c2nc(C(F)(F)F)n(C)c2C=CN1C(=O)Oc1ccccc1. The lowest BCUT2D eigenvalue weighted by Crippen LogP contribution is -2.33. The molecule has 1 aromatic carbocycles. The Labute approximate surface area is 136 Å². The first kappa shape index (κ1) is 16.1. The van der Waals surface area contributed by atoms with Crippen molar-refractivity contribution in [3.05, 3.63) is 53.7 Å². The van der Waals surface area contributed by atoms with Gasteiger partial charge in [0.25, 0.3) is 0 Å². The van der Waals surface area contributed by atoms with Gasteiger partial charge in [-0.3, -0.25) is 4.90 Å². The summed E-state index contributed by atoms with van der Waals surface area (Å²) in [4.78, 5) is 17.2. The van der Waals surface area contributed by atoms with Gasteiger partial charge in [0.05, 0.1) is 17.4 Å². The fourth-order valence-corrected chi connectivity index (χ4v) is 2.56. The Hall–Kier alpha value is -2.77. The molecule has 0 saturated carbocycles. The van der Waals surface area contributed by atoms with Gasteiger partial charge >= 0.3 is 12.3 Å². The van der Waals surface area contributed by atoms with E-state index in [2.05, 4.69) is 4.98 Å². The normalized spacial score (nSPS) is 16.9. The summed E-state index contributed by atoms with van der Waals surface area (Å²) >= 11 is 0. The molecule has 1 aromatic heterocycles. The topological polar surface area (TPSA) is 47.4 Å². The molecular formula is C16H14F3N3O2. The van der Waals surface area contributed by atoms with Crippen LogP contribution in [0.1, 0.15) is 30.2 Å². The molecule has 126 valence electrons. The molecule has 0 fully saturated rings. The van der Waals surface area contributed by atoms with E-state index in [0.29, 0.717) is 11.4 Å². The van der Waals surface area contributed by atoms with Gasteiger partial charge in [-0.25, -0.2) is 9.78 Å². The van der Waals surface area contributed by atoms with Gasteiger partial charge in [0.2, 0.25) is 5.82 Å². The molecule has 0 radical (unpaired) electrons. The summed E-state index contributed by atoms with van der Waals surface area (Å²) in [5.74, 6) is -0.645. The van der Waals surface area contributed by atoms with Crippen molar-refractivity contribution in [1.82, 2.24) is 14.5 Å². The number of imidazole rings is 1. The van der Waals surface area contributed by atoms with Crippen LogP contribution in [-0.4, -0.2) is 20.5 Å². The number of carbonyl (C=O) groups is 1. The summed E-state index contributed by atoms with van der Waals surface area (Å²) in [5.41, 5.74) is 0.496. The molecule has 1 aliphatic rings. The number of aromatic nitrogens is 2. The first-order chi connectivity index (χ1) is 11.3. The Morgan fingerprint density at radius 1 is 1.25 bits per heavy atom. The minimum absolute atomic E-state index is 0.178. The number of carbonyl (C=O) groups excluding carboxylic acids is 1. The molecule has 2 aromatic rings. The second kappa shape index (κ2) is 5.70. The minimum atomic E-state index is -4.56. The van der Waals surface area contributed by atoms with Gasteiger partial charge < -0.3 is 9.30 Å². The van der Waals surface area contributed by atoms with Crippen molar-refractivity contribution in [2.45, 2.75) is 19.1 Å². The monoisotopic (exact) mass is 337 g/mol. The van der Waals surface area contributed by atoms with E-state index in [-0.39, 0.29) is 5.69 Å². The van der Waals surface area contributed by atoms with Crippen molar-refractivity contribution in [2.24, 2.45) is 7.05 Å². The second-order valence-electron chi connectivity index (χ2n) is 5.34. The van der Waals surface area contributed by atoms with Crippen molar-refractivity contribution >= 4 is 12.2 Å². The van der Waals surface area contributed by atoms with Crippen LogP contribution in [0.2, 0.25) is 0 Å². The number of fused-ring (bicyclic) bond motifs is 1. The van der Waals surface area contributed by atoms with Crippen LogP contribution in [0.3, 0.4) is 0 Å². The van der Waals surface area contributed by atoms with Gasteiger partial charge in [-0.15, -0.1) is 0 Å². The van der Waals surface area contributed by atoms with Crippen LogP contribution >= 0.6 is 0 Å². The lowest BCUT2D eigenvalue weighted by molar-refractivity contribution is -0.146. The Kier molecular flexibility index (Phi) is 3.82.